The quantitative estimate of drug-likeness (QED) is 0.164. The third-order valence-electron chi connectivity index (χ3n) is 10.7. The van der Waals surface area contributed by atoms with Gasteiger partial charge in [-0.25, -0.2) is 0 Å². The molecule has 0 saturated heterocycles. The van der Waals surface area contributed by atoms with E-state index in [-0.39, 0.29) is 10.8 Å². The van der Waals surface area contributed by atoms with Crippen LogP contribution in [0, 0.1) is 0 Å². The van der Waals surface area contributed by atoms with E-state index in [2.05, 4.69) is 155 Å². The second-order valence-corrected chi connectivity index (χ2v) is 14.9. The Morgan fingerprint density at radius 2 is 0.911 bits per heavy atom. The van der Waals surface area contributed by atoms with E-state index in [9.17, 15) is 4.79 Å². The summed E-state index contributed by atoms with van der Waals surface area (Å²) in [6.45, 7) is 0. The maximum Gasteiger partial charge on any atom is 0.200 e. The monoisotopic (exact) mass is 788 g/mol. The Balaban J connectivity index is 0.000000120. The first kappa shape index (κ1) is 35.2. The molecule has 56 heavy (non-hydrogen) atoms. The number of benzene rings is 8. The standard InChI is InChI=1S/C26H18O.C13H11Br.C13H8O2/c1-3-11-20-18(9-1)17-19-10-2-4-12-21(19)26(20)22-13-5-7-15-24(22)27-25-16-8-6-14-23(25)26;14-13-9-5-4-8-12(13)10-11-6-2-1-3-7-11;14-13-9-5-1-3-7-11(9)15-12-8-4-2-6-10(12)13/h1-16H,17H2;1-9H,10H2;1-8H. The summed E-state index contributed by atoms with van der Waals surface area (Å²) in [5.74, 6) is 1.89. The predicted octanol–water partition coefficient (Wildman–Crippen LogP) is 13.1. The molecular formula is C52H37BrO3. The van der Waals surface area contributed by atoms with Gasteiger partial charge in [-0.2, -0.15) is 0 Å². The summed E-state index contributed by atoms with van der Waals surface area (Å²) in [4.78, 5) is 12.0. The number of fused-ring (bicyclic) bond motifs is 10. The van der Waals surface area contributed by atoms with E-state index in [4.69, 9.17) is 9.15 Å². The summed E-state index contributed by atoms with van der Waals surface area (Å²) in [7, 11) is 0. The SMILES string of the molecule is Brc1ccccc1Cc1ccccc1.O=c1c2ccccc2oc2ccccc12.c1ccc2c(c1)Cc1ccccc1C21c2ccccc2Oc2ccccc21. The van der Waals surface area contributed by atoms with E-state index in [0.29, 0.717) is 21.9 Å². The van der Waals surface area contributed by atoms with Gasteiger partial charge in [-0.3, -0.25) is 4.79 Å². The fraction of sp³-hybridized carbons (Fsp3) is 0.0577. The van der Waals surface area contributed by atoms with E-state index in [1.165, 1.54) is 49.0 Å². The number of halogens is 1. The molecule has 2 heterocycles. The highest BCUT2D eigenvalue weighted by Gasteiger charge is 2.48. The first-order valence-electron chi connectivity index (χ1n) is 18.8. The van der Waals surface area contributed by atoms with Crippen LogP contribution in [0.5, 0.6) is 11.5 Å². The molecule has 2 aliphatic rings. The Morgan fingerprint density at radius 3 is 1.48 bits per heavy atom. The maximum absolute atomic E-state index is 12.0. The molecular weight excluding hydrogens is 752 g/mol. The molecule has 0 atom stereocenters. The average Bonchev–Trinajstić information content (AvgIpc) is 3.25. The zero-order chi connectivity index (χ0) is 37.9. The van der Waals surface area contributed by atoms with Crippen molar-refractivity contribution in [3.8, 4) is 11.5 Å². The van der Waals surface area contributed by atoms with E-state index < -0.39 is 0 Å². The highest BCUT2D eigenvalue weighted by molar-refractivity contribution is 9.10. The third-order valence-corrected chi connectivity index (χ3v) is 11.5. The number of rotatable bonds is 2. The molecule has 3 nitrogen and oxygen atoms in total. The summed E-state index contributed by atoms with van der Waals surface area (Å²) in [5.41, 5.74) is 11.6. The smallest absolute Gasteiger partial charge is 0.200 e. The highest BCUT2D eigenvalue weighted by Crippen LogP contribution is 2.58. The lowest BCUT2D eigenvalue weighted by atomic mass is 9.58. The molecule has 11 rings (SSSR count). The lowest BCUT2D eigenvalue weighted by Crippen LogP contribution is -2.38. The Labute approximate surface area is 334 Å². The van der Waals surface area contributed by atoms with Crippen molar-refractivity contribution in [3.05, 3.63) is 259 Å². The topological polar surface area (TPSA) is 39.4 Å². The van der Waals surface area contributed by atoms with Gasteiger partial charge in [0, 0.05) is 15.6 Å². The van der Waals surface area contributed by atoms with Crippen LogP contribution < -0.4 is 10.2 Å². The minimum atomic E-state index is -0.336. The van der Waals surface area contributed by atoms with Crippen LogP contribution in [-0.4, -0.2) is 0 Å². The van der Waals surface area contributed by atoms with Crippen molar-refractivity contribution in [2.45, 2.75) is 18.3 Å². The molecule has 4 heteroatoms. The van der Waals surface area contributed by atoms with E-state index in [1.54, 1.807) is 12.1 Å². The van der Waals surface area contributed by atoms with Crippen LogP contribution in [0.25, 0.3) is 21.9 Å². The molecule has 9 aromatic rings. The fourth-order valence-electron chi connectivity index (χ4n) is 8.21. The van der Waals surface area contributed by atoms with Crippen LogP contribution in [0.1, 0.15) is 44.5 Å². The van der Waals surface area contributed by atoms with Gasteiger partial charge in [0.1, 0.15) is 22.7 Å². The second kappa shape index (κ2) is 15.3. The summed E-state index contributed by atoms with van der Waals surface area (Å²) in [6.07, 6.45) is 1.96. The fourth-order valence-corrected chi connectivity index (χ4v) is 8.64. The maximum atomic E-state index is 12.0. The van der Waals surface area contributed by atoms with Crippen molar-refractivity contribution in [2.24, 2.45) is 0 Å². The van der Waals surface area contributed by atoms with Crippen LogP contribution in [0.4, 0.5) is 0 Å². The zero-order valence-electron chi connectivity index (χ0n) is 30.6. The molecule has 1 spiro atoms. The first-order chi connectivity index (χ1) is 27.6. The number of hydrogen-bond donors (Lipinski definition) is 0. The Hall–Kier alpha value is -6.49. The normalized spacial score (nSPS) is 12.7. The third kappa shape index (κ3) is 6.42. The molecule has 0 fully saturated rings. The minimum Gasteiger partial charge on any atom is -0.457 e. The molecule has 0 unspecified atom stereocenters. The first-order valence-corrected chi connectivity index (χ1v) is 19.6. The van der Waals surface area contributed by atoms with Crippen molar-refractivity contribution in [1.29, 1.82) is 0 Å². The molecule has 1 aliphatic heterocycles. The number of hydrogen-bond acceptors (Lipinski definition) is 3. The summed E-state index contributed by atoms with van der Waals surface area (Å²) >= 11 is 3.55. The van der Waals surface area contributed by atoms with Crippen molar-refractivity contribution in [3.63, 3.8) is 0 Å². The Kier molecular flexibility index (Phi) is 9.64. The molecule has 0 radical (unpaired) electrons. The van der Waals surface area contributed by atoms with Crippen molar-refractivity contribution in [1.82, 2.24) is 0 Å². The van der Waals surface area contributed by atoms with Gasteiger partial charge in [-0.1, -0.05) is 174 Å². The van der Waals surface area contributed by atoms with Gasteiger partial charge in [-0.05, 0) is 88.7 Å². The lowest BCUT2D eigenvalue weighted by molar-refractivity contribution is 0.432. The van der Waals surface area contributed by atoms with Crippen LogP contribution in [0.2, 0.25) is 0 Å². The molecule has 270 valence electrons. The molecule has 1 aliphatic carbocycles. The molecule has 0 bridgehead atoms. The molecule has 0 saturated carbocycles. The zero-order valence-corrected chi connectivity index (χ0v) is 32.2. The van der Waals surface area contributed by atoms with Crippen LogP contribution in [0.3, 0.4) is 0 Å². The van der Waals surface area contributed by atoms with Gasteiger partial charge < -0.3 is 9.15 Å². The van der Waals surface area contributed by atoms with Crippen molar-refractivity contribution >= 4 is 37.9 Å². The summed E-state index contributed by atoms with van der Waals surface area (Å²) in [6, 6.07) is 68.2. The molecule has 1 aromatic heterocycles. The minimum absolute atomic E-state index is 0.0347. The van der Waals surface area contributed by atoms with E-state index >= 15 is 0 Å². The number of para-hydroxylation sites is 4. The van der Waals surface area contributed by atoms with Crippen LogP contribution in [-0.2, 0) is 18.3 Å². The Morgan fingerprint density at radius 1 is 0.464 bits per heavy atom. The number of ether oxygens (including phenoxy) is 1. The van der Waals surface area contributed by atoms with Gasteiger partial charge >= 0.3 is 0 Å². The van der Waals surface area contributed by atoms with E-state index in [0.717, 1.165) is 24.3 Å². The van der Waals surface area contributed by atoms with Gasteiger partial charge in [-0.15, -0.1) is 0 Å². The Bertz CT molecular complexity index is 2650. The largest absolute Gasteiger partial charge is 0.457 e. The molecule has 0 N–H and O–H groups in total. The van der Waals surface area contributed by atoms with Crippen molar-refractivity contribution < 1.29 is 9.15 Å². The van der Waals surface area contributed by atoms with Crippen molar-refractivity contribution in [2.75, 3.05) is 0 Å². The van der Waals surface area contributed by atoms with Crippen LogP contribution >= 0.6 is 15.9 Å². The van der Waals surface area contributed by atoms with Crippen LogP contribution in [0.15, 0.2) is 214 Å². The molecule has 0 amide bonds. The van der Waals surface area contributed by atoms with Gasteiger partial charge in [0.25, 0.3) is 0 Å². The predicted molar refractivity (Wildman–Crippen MR) is 231 cm³/mol. The highest BCUT2D eigenvalue weighted by atomic mass is 79.9. The summed E-state index contributed by atoms with van der Waals surface area (Å²) in [5, 5.41) is 1.27. The summed E-state index contributed by atoms with van der Waals surface area (Å²) < 4.78 is 13.1. The van der Waals surface area contributed by atoms with Gasteiger partial charge in [0.15, 0.2) is 0 Å². The average molecular weight is 790 g/mol. The molecule has 8 aromatic carbocycles. The lowest BCUT2D eigenvalue weighted by Gasteiger charge is -2.45. The van der Waals surface area contributed by atoms with Gasteiger partial charge in [0.05, 0.1) is 16.2 Å². The van der Waals surface area contributed by atoms with Gasteiger partial charge in [0.2, 0.25) is 5.43 Å². The van der Waals surface area contributed by atoms with E-state index in [1.807, 2.05) is 48.5 Å². The second-order valence-electron chi connectivity index (χ2n) is 14.0.